The van der Waals surface area contributed by atoms with E-state index in [4.69, 9.17) is 9.47 Å². The van der Waals surface area contributed by atoms with Crippen LogP contribution in [0.15, 0.2) is 51.8 Å². The number of hydrogen-bond donors (Lipinski definition) is 0. The van der Waals surface area contributed by atoms with Crippen molar-refractivity contribution in [2.24, 2.45) is 11.3 Å². The van der Waals surface area contributed by atoms with Crippen LogP contribution in [0.1, 0.15) is 24.8 Å². The van der Waals surface area contributed by atoms with Crippen LogP contribution in [0.4, 0.5) is 5.69 Å². The summed E-state index contributed by atoms with van der Waals surface area (Å²) in [4.78, 5) is 12.2. The van der Waals surface area contributed by atoms with Crippen molar-refractivity contribution in [3.63, 3.8) is 0 Å². The van der Waals surface area contributed by atoms with Crippen LogP contribution < -0.4 is 9.04 Å². The number of fused-ring (bicyclic) bond motifs is 1. The van der Waals surface area contributed by atoms with E-state index in [0.717, 1.165) is 10.0 Å². The maximum absolute atomic E-state index is 13.6. The molecule has 0 spiro atoms. The monoisotopic (exact) mass is 518 g/mol. The van der Waals surface area contributed by atoms with Crippen molar-refractivity contribution in [2.75, 3.05) is 18.0 Å². The molecule has 1 aliphatic heterocycles. The first-order valence-electron chi connectivity index (χ1n) is 10.2. The first-order valence-corrected chi connectivity index (χ1v) is 12.5. The summed E-state index contributed by atoms with van der Waals surface area (Å²) >= 11 is 3.42. The lowest BCUT2D eigenvalue weighted by Crippen LogP contribution is -2.48. The Bertz CT molecular complexity index is 1200. The van der Waals surface area contributed by atoms with Crippen molar-refractivity contribution in [1.29, 1.82) is 5.26 Å². The number of nitriles is 1. The molecule has 0 saturated heterocycles. The van der Waals surface area contributed by atoms with Gasteiger partial charge >= 0.3 is 5.97 Å². The number of carbonyl (C=O) groups excluding carboxylic acids is 1. The van der Waals surface area contributed by atoms with E-state index in [1.165, 1.54) is 11.4 Å². The molecule has 0 unspecified atom stereocenters. The van der Waals surface area contributed by atoms with E-state index in [1.54, 1.807) is 36.4 Å². The van der Waals surface area contributed by atoms with Gasteiger partial charge in [-0.25, -0.2) is 8.42 Å². The fraction of sp³-hybridized carbons (Fsp3) is 0.391. The Morgan fingerprint density at radius 1 is 1.31 bits per heavy atom. The van der Waals surface area contributed by atoms with Gasteiger partial charge in [0.05, 0.1) is 30.3 Å². The molecule has 0 radical (unpaired) electrons. The average Bonchev–Trinajstić information content (AvgIpc) is 2.75. The Hall–Kier alpha value is -2.57. The van der Waals surface area contributed by atoms with Gasteiger partial charge in [0.1, 0.15) is 11.9 Å². The van der Waals surface area contributed by atoms with E-state index >= 15 is 0 Å². The van der Waals surface area contributed by atoms with Crippen LogP contribution in [0.2, 0.25) is 0 Å². The molecule has 2 aromatic rings. The molecule has 168 valence electrons. The van der Waals surface area contributed by atoms with E-state index in [9.17, 15) is 18.5 Å². The molecule has 32 heavy (non-hydrogen) atoms. The zero-order chi connectivity index (χ0) is 23.1. The summed E-state index contributed by atoms with van der Waals surface area (Å²) in [5.74, 6) is 0.0402. The number of halogens is 1. The molecular formula is C23H23BrN2O5S. The van der Waals surface area contributed by atoms with E-state index in [-0.39, 0.29) is 17.4 Å². The van der Waals surface area contributed by atoms with E-state index in [1.807, 2.05) is 13.0 Å². The molecule has 0 amide bonds. The predicted molar refractivity (Wildman–Crippen MR) is 122 cm³/mol. The number of rotatable bonds is 5. The fourth-order valence-corrected chi connectivity index (χ4v) is 6.45. The van der Waals surface area contributed by atoms with Crippen molar-refractivity contribution < 1.29 is 22.7 Å². The van der Waals surface area contributed by atoms with Gasteiger partial charge in [-0.1, -0.05) is 28.1 Å². The maximum atomic E-state index is 13.6. The summed E-state index contributed by atoms with van der Waals surface area (Å²) in [7, 11) is -2.53. The highest BCUT2D eigenvalue weighted by molar-refractivity contribution is 9.10. The predicted octanol–water partition coefficient (Wildman–Crippen LogP) is 4.20. The molecule has 0 aromatic heterocycles. The Morgan fingerprint density at radius 3 is 2.72 bits per heavy atom. The summed E-state index contributed by atoms with van der Waals surface area (Å²) < 4.78 is 40.2. The molecule has 1 heterocycles. The third kappa shape index (κ3) is 3.97. The lowest BCUT2D eigenvalue weighted by Gasteiger charge is -2.43. The lowest BCUT2D eigenvalue weighted by molar-refractivity contribution is -0.156. The maximum Gasteiger partial charge on any atom is 0.326 e. The largest absolute Gasteiger partial charge is 0.486 e. The van der Waals surface area contributed by atoms with Gasteiger partial charge in [-0.05, 0) is 68.0 Å². The summed E-state index contributed by atoms with van der Waals surface area (Å²) in [5.41, 5.74) is 0.228. The second kappa shape index (κ2) is 8.41. The smallest absolute Gasteiger partial charge is 0.326 e. The van der Waals surface area contributed by atoms with Crippen LogP contribution in [0, 0.1) is 29.6 Å². The molecule has 1 aliphatic carbocycles. The Morgan fingerprint density at radius 2 is 2.06 bits per heavy atom. The van der Waals surface area contributed by atoms with Gasteiger partial charge in [-0.2, -0.15) is 5.26 Å². The molecule has 0 bridgehead atoms. The SMILES string of the molecule is COC(=O)C1(C#N)CC(C[C@H]2CN(S(=O)(=O)c3cccc(C)c3)c3cc(Br)ccc3O2)C1. The molecule has 2 aromatic carbocycles. The number of nitrogens with zero attached hydrogens (tertiary/aromatic N) is 2. The number of anilines is 1. The Kier molecular flexibility index (Phi) is 5.94. The van der Waals surface area contributed by atoms with E-state index in [2.05, 4.69) is 22.0 Å². The first kappa shape index (κ1) is 22.6. The van der Waals surface area contributed by atoms with Crippen LogP contribution in [0.25, 0.3) is 0 Å². The minimum Gasteiger partial charge on any atom is -0.486 e. The normalized spacial score (nSPS) is 24.5. The Balaban J connectivity index is 1.60. The zero-order valence-electron chi connectivity index (χ0n) is 17.7. The summed E-state index contributed by atoms with van der Waals surface area (Å²) in [6, 6.07) is 14.2. The highest BCUT2D eigenvalue weighted by Crippen LogP contribution is 2.49. The minimum atomic E-state index is -3.81. The average molecular weight is 519 g/mol. The molecule has 1 atom stereocenters. The van der Waals surface area contributed by atoms with Gasteiger partial charge in [-0.3, -0.25) is 9.10 Å². The van der Waals surface area contributed by atoms with Gasteiger partial charge in [0.2, 0.25) is 0 Å². The van der Waals surface area contributed by atoms with Gasteiger partial charge in [0.15, 0.2) is 5.41 Å². The number of carbonyl (C=O) groups is 1. The molecule has 1 saturated carbocycles. The van der Waals surface area contributed by atoms with E-state index in [0.29, 0.717) is 30.7 Å². The second-order valence-electron chi connectivity index (χ2n) is 8.40. The van der Waals surface area contributed by atoms with E-state index < -0.39 is 27.5 Å². The molecule has 7 nitrogen and oxygen atoms in total. The topological polar surface area (TPSA) is 96.7 Å². The summed E-state index contributed by atoms with van der Waals surface area (Å²) in [6.07, 6.45) is 0.903. The number of sulfonamides is 1. The van der Waals surface area contributed by atoms with Crippen LogP contribution in [-0.4, -0.2) is 34.1 Å². The van der Waals surface area contributed by atoms with Crippen LogP contribution in [0.5, 0.6) is 5.75 Å². The summed E-state index contributed by atoms with van der Waals surface area (Å²) in [5, 5.41) is 9.44. The zero-order valence-corrected chi connectivity index (χ0v) is 20.1. The molecule has 2 aliphatic rings. The van der Waals surface area contributed by atoms with Crippen molar-refractivity contribution in [2.45, 2.75) is 37.2 Å². The van der Waals surface area contributed by atoms with Crippen LogP contribution in [-0.2, 0) is 19.6 Å². The standard InChI is InChI=1S/C23H23BrN2O5S/c1-15-4-3-5-19(8-15)32(28,29)26-13-18(31-21-7-6-17(24)10-20(21)26)9-16-11-23(12-16,14-25)22(27)30-2/h3-8,10,16,18H,9,11-13H2,1-2H3/t16?,18-,23?/m0/s1. The quantitative estimate of drug-likeness (QED) is 0.550. The highest BCUT2D eigenvalue weighted by atomic mass is 79.9. The van der Waals surface area contributed by atoms with Gasteiger partial charge in [-0.15, -0.1) is 0 Å². The molecule has 1 fully saturated rings. The number of benzene rings is 2. The van der Waals surface area contributed by atoms with Crippen molar-refractivity contribution in [3.05, 3.63) is 52.5 Å². The summed E-state index contributed by atoms with van der Waals surface area (Å²) in [6.45, 7) is 2.00. The van der Waals surface area contributed by atoms with Crippen LogP contribution in [0.3, 0.4) is 0 Å². The van der Waals surface area contributed by atoms with Gasteiger partial charge in [0.25, 0.3) is 10.0 Å². The number of aryl methyl sites for hydroxylation is 1. The molecular weight excluding hydrogens is 496 g/mol. The third-order valence-corrected chi connectivity index (χ3v) is 8.36. The minimum absolute atomic E-state index is 0.0688. The third-order valence-electron chi connectivity index (χ3n) is 6.09. The number of ether oxygens (including phenoxy) is 2. The van der Waals surface area contributed by atoms with Gasteiger partial charge in [0, 0.05) is 4.47 Å². The highest BCUT2D eigenvalue weighted by Gasteiger charge is 2.52. The fourth-order valence-electron chi connectivity index (χ4n) is 4.50. The first-order chi connectivity index (χ1) is 15.2. The second-order valence-corrected chi connectivity index (χ2v) is 11.2. The lowest BCUT2D eigenvalue weighted by atomic mass is 9.61. The molecule has 9 heteroatoms. The molecule has 0 N–H and O–H groups in total. The van der Waals surface area contributed by atoms with Crippen molar-refractivity contribution in [1.82, 2.24) is 0 Å². The Labute approximate surface area is 196 Å². The van der Waals surface area contributed by atoms with Crippen molar-refractivity contribution >= 4 is 37.6 Å². The van der Waals surface area contributed by atoms with Crippen LogP contribution >= 0.6 is 15.9 Å². The van der Waals surface area contributed by atoms with Crippen molar-refractivity contribution in [3.8, 4) is 11.8 Å². The number of esters is 1. The number of hydrogen-bond acceptors (Lipinski definition) is 6. The number of methoxy groups -OCH3 is 1. The van der Waals surface area contributed by atoms with Gasteiger partial charge < -0.3 is 9.47 Å². The molecule has 4 rings (SSSR count).